The minimum absolute atomic E-state index is 0.0651. The Balaban J connectivity index is 1.61. The lowest BCUT2D eigenvalue weighted by molar-refractivity contribution is -0.137. The third-order valence-electron chi connectivity index (χ3n) is 6.16. The number of phenolic OH excluding ortho intramolecular Hbond substituents is 2. The molecule has 35 heavy (non-hydrogen) atoms. The molecule has 0 aliphatic carbocycles. The molecule has 0 aromatic heterocycles. The number of aromatic hydroxyl groups is 2. The van der Waals surface area contributed by atoms with Crippen LogP contribution < -0.4 is 0 Å². The van der Waals surface area contributed by atoms with Crippen LogP contribution >= 0.6 is 11.6 Å². The summed E-state index contributed by atoms with van der Waals surface area (Å²) in [7, 11) is 0. The highest BCUT2D eigenvalue weighted by Crippen LogP contribution is 2.38. The number of allylic oxidation sites excluding steroid dienone is 3. The van der Waals surface area contributed by atoms with Crippen molar-refractivity contribution < 1.29 is 34.1 Å². The van der Waals surface area contributed by atoms with Gasteiger partial charge in [0.1, 0.15) is 29.3 Å². The van der Waals surface area contributed by atoms with Gasteiger partial charge in [-0.3, -0.25) is 4.79 Å². The molecular formula is C25H29ClN2O7. The number of benzene rings is 1. The normalized spacial score (nSPS) is 27.7. The molecule has 1 amide bonds. The second kappa shape index (κ2) is 11.1. The molecule has 3 heterocycles. The van der Waals surface area contributed by atoms with Gasteiger partial charge >= 0.3 is 5.97 Å². The first kappa shape index (κ1) is 25.1. The van der Waals surface area contributed by atoms with Crippen molar-refractivity contribution in [2.45, 2.75) is 57.3 Å². The zero-order valence-electron chi connectivity index (χ0n) is 19.5. The first-order valence-electron chi connectivity index (χ1n) is 11.7. The van der Waals surface area contributed by atoms with Crippen molar-refractivity contribution in [3.63, 3.8) is 0 Å². The summed E-state index contributed by atoms with van der Waals surface area (Å²) in [4.78, 5) is 32.5. The summed E-state index contributed by atoms with van der Waals surface area (Å²) in [5.41, 5.74) is 0.295. The highest BCUT2D eigenvalue weighted by Gasteiger charge is 2.38. The molecule has 2 N–H and O–H groups in total. The second-order valence-electron chi connectivity index (χ2n) is 8.89. The molecule has 0 radical (unpaired) electrons. The third kappa shape index (κ3) is 6.35. The van der Waals surface area contributed by atoms with E-state index in [9.17, 15) is 19.8 Å². The number of halogens is 1. The Morgan fingerprint density at radius 2 is 2.00 bits per heavy atom. The van der Waals surface area contributed by atoms with E-state index < -0.39 is 17.8 Å². The molecule has 0 saturated carbocycles. The van der Waals surface area contributed by atoms with E-state index in [1.807, 2.05) is 12.2 Å². The van der Waals surface area contributed by atoms with Gasteiger partial charge in [0, 0.05) is 32.0 Å². The number of phenols is 2. The van der Waals surface area contributed by atoms with E-state index in [1.54, 1.807) is 24.0 Å². The van der Waals surface area contributed by atoms with Crippen LogP contribution in [0.1, 0.15) is 48.5 Å². The van der Waals surface area contributed by atoms with Gasteiger partial charge in [-0.05, 0) is 37.8 Å². The summed E-state index contributed by atoms with van der Waals surface area (Å²) in [5, 5.41) is 24.6. The molecule has 3 atom stereocenters. The maximum absolute atomic E-state index is 13.0. The van der Waals surface area contributed by atoms with Crippen LogP contribution in [0.3, 0.4) is 0 Å². The van der Waals surface area contributed by atoms with E-state index in [-0.39, 0.29) is 53.0 Å². The van der Waals surface area contributed by atoms with E-state index in [1.165, 1.54) is 0 Å². The van der Waals surface area contributed by atoms with E-state index in [2.05, 4.69) is 5.16 Å². The van der Waals surface area contributed by atoms with Crippen LogP contribution in [0.4, 0.5) is 0 Å². The Kier molecular flexibility index (Phi) is 7.97. The number of esters is 1. The van der Waals surface area contributed by atoms with Gasteiger partial charge in [-0.15, -0.1) is 0 Å². The van der Waals surface area contributed by atoms with Crippen molar-refractivity contribution in [2.75, 3.05) is 19.7 Å². The fourth-order valence-corrected chi connectivity index (χ4v) is 4.47. The van der Waals surface area contributed by atoms with Crippen LogP contribution in [0.15, 0.2) is 35.5 Å². The molecule has 2 saturated heterocycles. The minimum Gasteiger partial charge on any atom is -0.507 e. The van der Waals surface area contributed by atoms with Crippen LogP contribution in [0.2, 0.25) is 5.02 Å². The number of fused-ring (bicyclic) bond motifs is 2. The van der Waals surface area contributed by atoms with E-state index >= 15 is 0 Å². The number of epoxide rings is 1. The van der Waals surface area contributed by atoms with Crippen LogP contribution in [0.5, 0.6) is 11.5 Å². The fraction of sp³-hybridized carbons (Fsp3) is 0.480. The van der Waals surface area contributed by atoms with Gasteiger partial charge in [-0.2, -0.15) is 0 Å². The molecule has 0 bridgehead atoms. The Bertz CT molecular complexity index is 1060. The summed E-state index contributed by atoms with van der Waals surface area (Å²) in [6.07, 6.45) is 9.94. The highest BCUT2D eigenvalue weighted by atomic mass is 35.5. The van der Waals surface area contributed by atoms with Crippen LogP contribution in [0, 0.1) is 0 Å². The topological polar surface area (TPSA) is 121 Å². The molecule has 9 nitrogen and oxygen atoms in total. The Morgan fingerprint density at radius 3 is 2.77 bits per heavy atom. The lowest BCUT2D eigenvalue weighted by atomic mass is 9.99. The van der Waals surface area contributed by atoms with Crippen molar-refractivity contribution in [1.29, 1.82) is 0 Å². The van der Waals surface area contributed by atoms with Crippen molar-refractivity contribution >= 4 is 29.2 Å². The molecular weight excluding hydrogens is 476 g/mol. The van der Waals surface area contributed by atoms with Crippen molar-refractivity contribution in [2.24, 2.45) is 5.16 Å². The van der Waals surface area contributed by atoms with Crippen LogP contribution in [0.25, 0.3) is 0 Å². The van der Waals surface area contributed by atoms with Gasteiger partial charge in [-0.25, -0.2) is 4.79 Å². The van der Waals surface area contributed by atoms with Gasteiger partial charge in [0.25, 0.3) is 5.91 Å². The van der Waals surface area contributed by atoms with E-state index in [0.29, 0.717) is 25.2 Å². The number of carbonyl (C=O) groups is 2. The maximum Gasteiger partial charge on any atom is 0.342 e. The number of carbonyl (C=O) groups excluding carboxylic acids is 2. The maximum atomic E-state index is 13.0. The fourth-order valence-electron chi connectivity index (χ4n) is 4.26. The van der Waals surface area contributed by atoms with Gasteiger partial charge in [0.15, 0.2) is 6.61 Å². The zero-order chi connectivity index (χ0) is 24.9. The average molecular weight is 505 g/mol. The van der Waals surface area contributed by atoms with Crippen LogP contribution in [-0.4, -0.2) is 70.7 Å². The number of cyclic esters (lactones) is 1. The standard InChI is InChI=1S/C25H29ClN2O7/c1-15-11-21-20(35-21)8-4-3-7-16(27-33-14-22(31)28-9-5-2-6-10-28)12-17-23(25(32)34-15)18(29)13-19(30)24(17)26/h3-4,7-8,13,15,20-21,29-30H,2,5-6,9-12,14H2,1H3/b7-3+,8-4+,27-16+. The van der Waals surface area contributed by atoms with Crippen molar-refractivity contribution in [3.8, 4) is 11.5 Å². The third-order valence-corrected chi connectivity index (χ3v) is 6.58. The molecule has 10 heteroatoms. The number of rotatable bonds is 3. The second-order valence-corrected chi connectivity index (χ2v) is 9.27. The number of amides is 1. The number of ether oxygens (including phenoxy) is 2. The lowest BCUT2D eigenvalue weighted by Crippen LogP contribution is -2.37. The Labute approximate surface area is 208 Å². The van der Waals surface area contributed by atoms with Gasteiger partial charge < -0.3 is 29.4 Å². The number of piperidine rings is 1. The largest absolute Gasteiger partial charge is 0.507 e. The molecule has 4 rings (SSSR count). The Morgan fingerprint density at radius 1 is 1.23 bits per heavy atom. The number of likely N-dealkylation sites (tertiary alicyclic amines) is 1. The summed E-state index contributed by atoms with van der Waals surface area (Å²) in [6.45, 7) is 2.92. The predicted octanol–water partition coefficient (Wildman–Crippen LogP) is 3.51. The molecule has 1 aromatic carbocycles. The quantitative estimate of drug-likeness (QED) is 0.367. The average Bonchev–Trinajstić information content (AvgIpc) is 3.56. The van der Waals surface area contributed by atoms with Gasteiger partial charge in [0.05, 0.1) is 16.8 Å². The molecule has 3 aliphatic rings. The number of oxime groups is 1. The molecule has 3 unspecified atom stereocenters. The zero-order valence-corrected chi connectivity index (χ0v) is 20.2. The molecule has 0 spiro atoms. The van der Waals surface area contributed by atoms with E-state index in [0.717, 1.165) is 25.3 Å². The number of hydrogen-bond donors (Lipinski definition) is 2. The molecule has 1 aromatic rings. The van der Waals surface area contributed by atoms with Crippen LogP contribution in [-0.2, 0) is 25.5 Å². The lowest BCUT2D eigenvalue weighted by Gasteiger charge is -2.26. The first-order chi connectivity index (χ1) is 16.8. The van der Waals surface area contributed by atoms with E-state index in [4.69, 9.17) is 25.9 Å². The SMILES string of the molecule is CC1CC2OC2/C=C/C=C/C(=N\OCC(=O)N2CCCCC2)Cc2c(Cl)c(O)cc(O)c2C(=O)O1. The summed E-state index contributed by atoms with van der Waals surface area (Å²) in [5.74, 6) is -1.78. The first-order valence-corrected chi connectivity index (χ1v) is 12.1. The van der Waals surface area contributed by atoms with Gasteiger partial charge in [0.2, 0.25) is 0 Å². The Hall–Kier alpha value is -3.04. The minimum atomic E-state index is -0.777. The monoisotopic (exact) mass is 504 g/mol. The summed E-state index contributed by atoms with van der Waals surface area (Å²) >= 11 is 6.33. The highest BCUT2D eigenvalue weighted by molar-refractivity contribution is 6.33. The van der Waals surface area contributed by atoms with Crippen molar-refractivity contribution in [1.82, 2.24) is 4.90 Å². The molecule has 3 aliphatic heterocycles. The van der Waals surface area contributed by atoms with Crippen molar-refractivity contribution in [3.05, 3.63) is 46.5 Å². The predicted molar refractivity (Wildman–Crippen MR) is 129 cm³/mol. The smallest absolute Gasteiger partial charge is 0.342 e. The number of hydrogen-bond acceptors (Lipinski definition) is 8. The summed E-state index contributed by atoms with van der Waals surface area (Å²) < 4.78 is 11.1. The number of nitrogens with zero attached hydrogens (tertiary/aromatic N) is 2. The molecule has 2 fully saturated rings. The van der Waals surface area contributed by atoms with Gasteiger partial charge in [-0.1, -0.05) is 35.0 Å². The molecule has 188 valence electrons. The summed E-state index contributed by atoms with van der Waals surface area (Å²) in [6, 6.07) is 0.999.